The van der Waals surface area contributed by atoms with Crippen molar-refractivity contribution in [3.63, 3.8) is 0 Å². The number of likely N-dealkylation sites (N-methyl/N-ethyl adjacent to an activating group) is 2. The van der Waals surface area contributed by atoms with E-state index in [-0.39, 0.29) is 77.5 Å². The summed E-state index contributed by atoms with van der Waals surface area (Å²) in [6.07, 6.45) is 2.40. The number of aliphatic hydroxyl groups is 1. The van der Waals surface area contributed by atoms with Gasteiger partial charge in [0.15, 0.2) is 0 Å². The van der Waals surface area contributed by atoms with E-state index in [4.69, 9.17) is 9.47 Å². The Morgan fingerprint density at radius 1 is 0.906 bits per heavy atom. The third-order valence-electron chi connectivity index (χ3n) is 12.0. The predicted molar refractivity (Wildman–Crippen MR) is 211 cm³/mol. The topological polar surface area (TPSA) is 125 Å². The average Bonchev–Trinajstić information content (AvgIpc) is 3.63. The van der Waals surface area contributed by atoms with E-state index in [0.717, 1.165) is 24.8 Å². The van der Waals surface area contributed by atoms with E-state index in [9.17, 15) is 24.3 Å². The highest BCUT2D eigenvalue weighted by Crippen LogP contribution is 2.32. The van der Waals surface area contributed by atoms with Crippen molar-refractivity contribution < 1.29 is 33.8 Å². The summed E-state index contributed by atoms with van der Waals surface area (Å²) in [6.45, 7) is 16.7. The Labute approximate surface area is 321 Å². The number of likely N-dealkylation sites (tertiary alicyclic amines) is 1. The Kier molecular flexibility index (Phi) is 19.9. The molecule has 0 aromatic heterocycles. The van der Waals surface area contributed by atoms with Crippen LogP contribution in [0.25, 0.3) is 0 Å². The van der Waals surface area contributed by atoms with Gasteiger partial charge in [0, 0.05) is 52.5 Å². The summed E-state index contributed by atoms with van der Waals surface area (Å²) in [5.41, 5.74) is 0.840. The van der Waals surface area contributed by atoms with Gasteiger partial charge >= 0.3 is 0 Å². The van der Waals surface area contributed by atoms with Gasteiger partial charge in [-0.05, 0) is 62.0 Å². The molecule has 0 saturated carbocycles. The van der Waals surface area contributed by atoms with Gasteiger partial charge in [-0.25, -0.2) is 0 Å². The zero-order chi connectivity index (χ0) is 40.0. The molecule has 53 heavy (non-hydrogen) atoms. The zero-order valence-corrected chi connectivity index (χ0v) is 35.0. The largest absolute Gasteiger partial charge is 0.388 e. The minimum absolute atomic E-state index is 0.0308. The first kappa shape index (κ1) is 46.5. The van der Waals surface area contributed by atoms with E-state index >= 15 is 0 Å². The fourth-order valence-corrected chi connectivity index (χ4v) is 8.40. The van der Waals surface area contributed by atoms with Crippen LogP contribution in [0.1, 0.15) is 118 Å². The summed E-state index contributed by atoms with van der Waals surface area (Å²) in [7, 11) is 6.82. The van der Waals surface area contributed by atoms with Gasteiger partial charge in [-0.1, -0.05) is 92.1 Å². The van der Waals surface area contributed by atoms with E-state index in [2.05, 4.69) is 19.2 Å². The minimum atomic E-state index is -0.649. The number of aliphatic hydroxyl groups excluding tert-OH is 1. The van der Waals surface area contributed by atoms with Crippen molar-refractivity contribution in [1.29, 1.82) is 0 Å². The van der Waals surface area contributed by atoms with E-state index in [1.807, 2.05) is 83.8 Å². The average molecular weight is 744 g/mol. The van der Waals surface area contributed by atoms with Crippen molar-refractivity contribution >= 4 is 23.4 Å². The molecule has 0 aliphatic carbocycles. The maximum Gasteiger partial charge on any atom is 0.226 e. The Morgan fingerprint density at radius 2 is 1.53 bits per heavy atom. The molecule has 302 valence electrons. The van der Waals surface area contributed by atoms with Crippen molar-refractivity contribution in [3.05, 3.63) is 35.9 Å². The summed E-state index contributed by atoms with van der Waals surface area (Å²) < 4.78 is 12.0. The Morgan fingerprint density at radius 3 is 2.06 bits per heavy atom. The van der Waals surface area contributed by atoms with Crippen LogP contribution < -0.4 is 5.32 Å². The molecule has 1 aliphatic heterocycles. The third-order valence-corrected chi connectivity index (χ3v) is 12.0. The number of hydrogen-bond acceptors (Lipinski definition) is 8. The molecule has 1 aromatic carbocycles. The number of carbonyl (C=O) groups excluding carboxylic acids is 4. The van der Waals surface area contributed by atoms with Crippen LogP contribution in [0.4, 0.5) is 0 Å². The lowest BCUT2D eigenvalue weighted by molar-refractivity contribution is -0.148. The van der Waals surface area contributed by atoms with E-state index in [1.54, 1.807) is 26.2 Å². The third kappa shape index (κ3) is 12.7. The van der Waals surface area contributed by atoms with Crippen molar-refractivity contribution in [2.24, 2.45) is 35.5 Å². The molecular formula is C43H73N3O7. The van der Waals surface area contributed by atoms with Gasteiger partial charge in [0.05, 0.1) is 42.9 Å². The number of carbonyl (C=O) groups is 4. The quantitative estimate of drug-likeness (QED) is 0.123. The zero-order valence-electron chi connectivity index (χ0n) is 35.0. The second-order valence-corrected chi connectivity index (χ2v) is 16.3. The van der Waals surface area contributed by atoms with Gasteiger partial charge in [-0.15, -0.1) is 0 Å². The molecule has 10 atom stereocenters. The molecule has 0 radical (unpaired) electrons. The number of methoxy groups -OCH3 is 2. The van der Waals surface area contributed by atoms with Crippen LogP contribution >= 0.6 is 0 Å². The number of nitrogens with one attached hydrogen (secondary N) is 1. The van der Waals surface area contributed by atoms with Gasteiger partial charge < -0.3 is 29.7 Å². The van der Waals surface area contributed by atoms with Gasteiger partial charge in [0.2, 0.25) is 11.8 Å². The number of nitrogens with zero attached hydrogens (tertiary/aromatic N) is 2. The molecule has 10 nitrogen and oxygen atoms in total. The van der Waals surface area contributed by atoms with Crippen molar-refractivity contribution in [2.75, 3.05) is 34.9 Å². The number of amides is 2. The molecule has 0 bridgehead atoms. The molecule has 1 heterocycles. The van der Waals surface area contributed by atoms with Crippen LogP contribution in [0.5, 0.6) is 0 Å². The Bertz CT molecular complexity index is 1270. The van der Waals surface area contributed by atoms with Gasteiger partial charge in [-0.3, -0.25) is 19.2 Å². The van der Waals surface area contributed by atoms with Gasteiger partial charge in [-0.2, -0.15) is 0 Å². The van der Waals surface area contributed by atoms with Gasteiger partial charge in [0.1, 0.15) is 11.6 Å². The predicted octanol–water partition coefficient (Wildman–Crippen LogP) is 6.49. The lowest BCUT2D eigenvalue weighted by Crippen LogP contribution is -2.54. The van der Waals surface area contributed by atoms with E-state index in [0.29, 0.717) is 32.2 Å². The molecule has 1 saturated heterocycles. The second-order valence-electron chi connectivity index (χ2n) is 16.3. The molecule has 10 heteroatoms. The molecule has 1 aromatic rings. The van der Waals surface area contributed by atoms with Crippen LogP contribution in [0.3, 0.4) is 0 Å². The number of Topliss-reactive ketones (excluding diaryl/α,β-unsaturated/α-hetero) is 2. The molecular weight excluding hydrogens is 670 g/mol. The number of ketones is 2. The summed E-state index contributed by atoms with van der Waals surface area (Å²) in [6, 6.07) is 8.65. The van der Waals surface area contributed by atoms with E-state index in [1.165, 1.54) is 0 Å². The number of hydrogen-bond donors (Lipinski definition) is 2. The first-order valence-corrected chi connectivity index (χ1v) is 20.1. The fraction of sp³-hybridized carbons (Fsp3) is 0.767. The number of ether oxygens (including phenoxy) is 2. The summed E-state index contributed by atoms with van der Waals surface area (Å²) >= 11 is 0. The summed E-state index contributed by atoms with van der Waals surface area (Å²) in [5, 5.41) is 13.9. The van der Waals surface area contributed by atoms with Crippen molar-refractivity contribution in [1.82, 2.24) is 15.1 Å². The maximum atomic E-state index is 14.2. The SMILES string of the molecule is CCC(C)[C@@H]([C@@H](CC(=O)N1CCC[C@H]1[C@H](OC)[C@@H](C)C(=O)CC[C@H](C)[C@@H](O)c1ccccc1)OC)N(C)C(=O)C(CCC(=O)[C@@H](NC)C(C)C)C(C)C. The molecule has 2 amide bonds. The Balaban J connectivity index is 2.18. The minimum Gasteiger partial charge on any atom is -0.388 e. The van der Waals surface area contributed by atoms with Crippen LogP contribution in [0.2, 0.25) is 0 Å². The van der Waals surface area contributed by atoms with Crippen LogP contribution in [0, 0.1) is 35.5 Å². The normalized spacial score (nSPS) is 20.0. The van der Waals surface area contributed by atoms with Crippen LogP contribution in [0.15, 0.2) is 30.3 Å². The molecule has 2 unspecified atom stereocenters. The Hall–Kier alpha value is -2.66. The van der Waals surface area contributed by atoms with Crippen LogP contribution in [-0.2, 0) is 28.7 Å². The first-order valence-electron chi connectivity index (χ1n) is 20.1. The van der Waals surface area contributed by atoms with Crippen molar-refractivity contribution in [3.8, 4) is 0 Å². The number of benzene rings is 1. The first-order chi connectivity index (χ1) is 25.0. The second kappa shape index (κ2) is 22.7. The standard InChI is InChI=1S/C43H73N3O7/c1-13-29(6)40(45(10)43(51)33(27(2)3)22-24-36(48)39(44-9)28(4)5)37(52-11)26-38(49)46-25-17-20-34(46)42(53-12)31(8)35(47)23-21-30(7)41(50)32-18-15-14-16-19-32/h14-16,18-19,27-31,33-34,37,39-42,44,50H,13,17,20-26H2,1-12H3/t29?,30-,31-,33?,34-,37+,39-,40-,41+,42+/m0/s1. The number of rotatable bonds is 24. The summed E-state index contributed by atoms with van der Waals surface area (Å²) in [5.74, 6) is -0.572. The van der Waals surface area contributed by atoms with Crippen LogP contribution in [-0.4, -0.2) is 103 Å². The van der Waals surface area contributed by atoms with Gasteiger partial charge in [0.25, 0.3) is 0 Å². The summed E-state index contributed by atoms with van der Waals surface area (Å²) in [4.78, 5) is 58.6. The fourth-order valence-electron chi connectivity index (χ4n) is 8.40. The molecule has 1 fully saturated rings. The molecule has 0 spiro atoms. The highest BCUT2D eigenvalue weighted by atomic mass is 16.5. The molecule has 2 N–H and O–H groups in total. The molecule has 2 rings (SSSR count). The maximum absolute atomic E-state index is 14.2. The van der Waals surface area contributed by atoms with E-state index < -0.39 is 24.2 Å². The lowest BCUT2D eigenvalue weighted by atomic mass is 9.84. The lowest BCUT2D eigenvalue weighted by Gasteiger charge is -2.41. The van der Waals surface area contributed by atoms with Crippen molar-refractivity contribution in [2.45, 2.75) is 143 Å². The highest BCUT2D eigenvalue weighted by molar-refractivity contribution is 5.86. The monoisotopic (exact) mass is 744 g/mol. The highest BCUT2D eigenvalue weighted by Gasteiger charge is 2.42. The smallest absolute Gasteiger partial charge is 0.226 e. The molecule has 1 aliphatic rings.